The fourth-order valence-electron chi connectivity index (χ4n) is 3.82. The molecule has 4 nitrogen and oxygen atoms in total. The first-order valence-corrected chi connectivity index (χ1v) is 9.90. The van der Waals surface area contributed by atoms with Crippen LogP contribution >= 0.6 is 0 Å². The summed E-state index contributed by atoms with van der Waals surface area (Å²) in [4.78, 5) is 17.8. The first kappa shape index (κ1) is 17.7. The topological polar surface area (TPSA) is 48.1 Å². The van der Waals surface area contributed by atoms with Gasteiger partial charge in [0, 0.05) is 42.1 Å². The second kappa shape index (κ2) is 7.87. The van der Waals surface area contributed by atoms with Gasteiger partial charge in [-0.25, -0.2) is 0 Å². The minimum atomic E-state index is -0.0277. The number of fused-ring (bicyclic) bond motifs is 1. The van der Waals surface area contributed by atoms with Crippen LogP contribution in [0.4, 0.5) is 11.4 Å². The van der Waals surface area contributed by atoms with Gasteiger partial charge in [0.2, 0.25) is 0 Å². The third kappa shape index (κ3) is 4.16. The summed E-state index contributed by atoms with van der Waals surface area (Å²) in [5, 5.41) is 4.46. The number of aromatic amines is 1. The third-order valence-corrected chi connectivity index (χ3v) is 5.40. The van der Waals surface area contributed by atoms with Crippen LogP contribution in [0.5, 0.6) is 0 Å². The number of aryl methyl sites for hydroxylation is 1. The minimum Gasteiger partial charge on any atom is -0.381 e. The summed E-state index contributed by atoms with van der Waals surface area (Å²) in [5.41, 5.74) is 5.14. The predicted molar refractivity (Wildman–Crippen MR) is 114 cm³/mol. The van der Waals surface area contributed by atoms with Gasteiger partial charge < -0.3 is 15.2 Å². The van der Waals surface area contributed by atoms with Crippen molar-refractivity contribution in [3.63, 3.8) is 0 Å². The molecule has 2 N–H and O–H groups in total. The fourth-order valence-corrected chi connectivity index (χ4v) is 3.82. The normalized spacial score (nSPS) is 14.9. The lowest BCUT2D eigenvalue weighted by atomic mass is 10.1. The van der Waals surface area contributed by atoms with E-state index in [0.717, 1.165) is 35.2 Å². The van der Waals surface area contributed by atoms with E-state index in [2.05, 4.69) is 52.5 Å². The van der Waals surface area contributed by atoms with Crippen LogP contribution in [0.15, 0.2) is 53.3 Å². The van der Waals surface area contributed by atoms with Crippen molar-refractivity contribution in [2.45, 2.75) is 39.2 Å². The average Bonchev–Trinajstić information content (AvgIpc) is 2.97. The number of benzene rings is 2. The average molecular weight is 361 g/mol. The van der Waals surface area contributed by atoms with Crippen molar-refractivity contribution in [3.05, 3.63) is 70.0 Å². The minimum absolute atomic E-state index is 0.0277. The van der Waals surface area contributed by atoms with E-state index in [0.29, 0.717) is 6.54 Å². The molecule has 0 bridgehead atoms. The van der Waals surface area contributed by atoms with Gasteiger partial charge in [-0.05, 0) is 67.6 Å². The van der Waals surface area contributed by atoms with Crippen molar-refractivity contribution in [1.82, 2.24) is 4.98 Å². The summed E-state index contributed by atoms with van der Waals surface area (Å²) in [6.07, 6.45) is 5.25. The molecule has 0 aliphatic carbocycles. The molecule has 4 heteroatoms. The van der Waals surface area contributed by atoms with Gasteiger partial charge in [0.15, 0.2) is 0 Å². The molecule has 4 rings (SSSR count). The molecular formula is C23H27N3O. The van der Waals surface area contributed by atoms with Crippen molar-refractivity contribution in [2.75, 3.05) is 23.3 Å². The first-order chi connectivity index (χ1) is 13.2. The van der Waals surface area contributed by atoms with Gasteiger partial charge in [-0.1, -0.05) is 24.5 Å². The number of nitrogens with one attached hydrogen (secondary N) is 2. The molecule has 0 atom stereocenters. The number of nitrogens with zero attached hydrogens (tertiary/aromatic N) is 1. The number of pyridine rings is 1. The monoisotopic (exact) mass is 361 g/mol. The second-order valence-corrected chi connectivity index (χ2v) is 7.52. The van der Waals surface area contributed by atoms with Crippen LogP contribution < -0.4 is 15.8 Å². The highest BCUT2D eigenvalue weighted by Crippen LogP contribution is 2.22. The van der Waals surface area contributed by atoms with Crippen molar-refractivity contribution >= 4 is 22.3 Å². The molecule has 1 aliphatic rings. The fraction of sp³-hybridized carbons (Fsp3) is 0.348. The van der Waals surface area contributed by atoms with Crippen LogP contribution in [-0.2, 0) is 6.54 Å². The molecule has 0 saturated carbocycles. The predicted octanol–water partition coefficient (Wildman–Crippen LogP) is 4.83. The third-order valence-electron chi connectivity index (χ3n) is 5.40. The quantitative estimate of drug-likeness (QED) is 0.700. The lowest BCUT2D eigenvalue weighted by molar-refractivity contribution is 0.726. The maximum absolute atomic E-state index is 12.3. The van der Waals surface area contributed by atoms with Gasteiger partial charge in [0.05, 0.1) is 0 Å². The molecule has 140 valence electrons. The lowest BCUT2D eigenvalue weighted by Gasteiger charge is -2.22. The van der Waals surface area contributed by atoms with Crippen LogP contribution in [-0.4, -0.2) is 18.1 Å². The van der Waals surface area contributed by atoms with Gasteiger partial charge in [-0.15, -0.1) is 0 Å². The molecule has 1 aliphatic heterocycles. The SMILES string of the molecule is Cc1ccc2[nH]c(=O)c(CNc3ccc(N4CCCCCC4)cc3)cc2c1. The molecule has 2 aromatic carbocycles. The molecular weight excluding hydrogens is 334 g/mol. The highest BCUT2D eigenvalue weighted by Gasteiger charge is 2.10. The van der Waals surface area contributed by atoms with E-state index >= 15 is 0 Å². The van der Waals surface area contributed by atoms with Crippen molar-refractivity contribution < 1.29 is 0 Å². The molecule has 2 heterocycles. The molecule has 3 aromatic rings. The van der Waals surface area contributed by atoms with Crippen molar-refractivity contribution in [3.8, 4) is 0 Å². The zero-order valence-electron chi connectivity index (χ0n) is 15.9. The number of hydrogen-bond acceptors (Lipinski definition) is 3. The molecule has 1 fully saturated rings. The number of anilines is 2. The summed E-state index contributed by atoms with van der Waals surface area (Å²) in [6, 6.07) is 16.7. The summed E-state index contributed by atoms with van der Waals surface area (Å²) >= 11 is 0. The van der Waals surface area contributed by atoms with Gasteiger partial charge in [0.1, 0.15) is 0 Å². The van der Waals surface area contributed by atoms with Gasteiger partial charge in [0.25, 0.3) is 5.56 Å². The highest BCUT2D eigenvalue weighted by molar-refractivity contribution is 5.79. The van der Waals surface area contributed by atoms with Gasteiger partial charge >= 0.3 is 0 Å². The molecule has 0 amide bonds. The molecule has 1 saturated heterocycles. The Morgan fingerprint density at radius 3 is 2.44 bits per heavy atom. The molecule has 0 radical (unpaired) electrons. The van der Waals surface area contributed by atoms with Crippen LogP contribution in [0.2, 0.25) is 0 Å². The Hall–Kier alpha value is -2.75. The van der Waals surface area contributed by atoms with E-state index in [1.165, 1.54) is 36.9 Å². The molecule has 1 aromatic heterocycles. The number of hydrogen-bond donors (Lipinski definition) is 2. The number of aromatic nitrogens is 1. The van der Waals surface area contributed by atoms with Crippen LogP contribution in [0.3, 0.4) is 0 Å². The molecule has 0 spiro atoms. The second-order valence-electron chi connectivity index (χ2n) is 7.52. The van der Waals surface area contributed by atoms with E-state index in [1.807, 2.05) is 18.2 Å². The van der Waals surface area contributed by atoms with E-state index in [-0.39, 0.29) is 5.56 Å². The van der Waals surface area contributed by atoms with E-state index in [1.54, 1.807) is 0 Å². The summed E-state index contributed by atoms with van der Waals surface area (Å²) in [7, 11) is 0. The Labute approximate surface area is 160 Å². The Morgan fingerprint density at radius 1 is 0.963 bits per heavy atom. The van der Waals surface area contributed by atoms with E-state index in [9.17, 15) is 4.79 Å². The summed E-state index contributed by atoms with van der Waals surface area (Å²) in [5.74, 6) is 0. The number of rotatable bonds is 4. The van der Waals surface area contributed by atoms with Crippen molar-refractivity contribution in [2.24, 2.45) is 0 Å². The van der Waals surface area contributed by atoms with Crippen LogP contribution in [0, 0.1) is 6.92 Å². The molecule has 27 heavy (non-hydrogen) atoms. The van der Waals surface area contributed by atoms with Crippen molar-refractivity contribution in [1.29, 1.82) is 0 Å². The Kier molecular flexibility index (Phi) is 5.14. The van der Waals surface area contributed by atoms with Gasteiger partial charge in [-0.3, -0.25) is 4.79 Å². The summed E-state index contributed by atoms with van der Waals surface area (Å²) < 4.78 is 0. The lowest BCUT2D eigenvalue weighted by Crippen LogP contribution is -2.23. The highest BCUT2D eigenvalue weighted by atomic mass is 16.1. The largest absolute Gasteiger partial charge is 0.381 e. The maximum atomic E-state index is 12.3. The Morgan fingerprint density at radius 2 is 1.70 bits per heavy atom. The first-order valence-electron chi connectivity index (χ1n) is 9.90. The van der Waals surface area contributed by atoms with E-state index in [4.69, 9.17) is 0 Å². The van der Waals surface area contributed by atoms with Gasteiger partial charge in [-0.2, -0.15) is 0 Å². The maximum Gasteiger partial charge on any atom is 0.253 e. The van der Waals surface area contributed by atoms with E-state index < -0.39 is 0 Å². The zero-order valence-corrected chi connectivity index (χ0v) is 15.9. The zero-order chi connectivity index (χ0) is 18.6. The van der Waals surface area contributed by atoms with Crippen LogP contribution in [0.1, 0.15) is 36.8 Å². The Bertz CT molecular complexity index is 967. The smallest absolute Gasteiger partial charge is 0.253 e. The Balaban J connectivity index is 1.46. The number of H-pyrrole nitrogens is 1. The molecule has 0 unspecified atom stereocenters. The standard InChI is InChI=1S/C23H27N3O/c1-17-6-11-22-18(14-17)15-19(23(27)25-22)16-24-20-7-9-21(10-8-20)26-12-4-2-3-5-13-26/h6-11,14-15,24H,2-5,12-13,16H2,1H3,(H,25,27). The van der Waals surface area contributed by atoms with Crippen LogP contribution in [0.25, 0.3) is 10.9 Å². The summed E-state index contributed by atoms with van der Waals surface area (Å²) in [6.45, 7) is 4.88.